The van der Waals surface area contributed by atoms with Gasteiger partial charge in [-0.2, -0.15) is 8.78 Å². The van der Waals surface area contributed by atoms with Gasteiger partial charge in [0.25, 0.3) is 0 Å². The van der Waals surface area contributed by atoms with Gasteiger partial charge in [-0.25, -0.2) is 0 Å². The zero-order valence-electron chi connectivity index (χ0n) is 10.5. The molecule has 0 radical (unpaired) electrons. The Labute approximate surface area is 100 Å². The van der Waals surface area contributed by atoms with Crippen LogP contribution in [-0.2, 0) is 18.4 Å². The minimum Gasteiger partial charge on any atom is -0.312 e. The van der Waals surface area contributed by atoms with Gasteiger partial charge in [-0.05, 0) is 5.92 Å². The predicted octanol–water partition coefficient (Wildman–Crippen LogP) is 3.11. The summed E-state index contributed by atoms with van der Waals surface area (Å²) in [6.45, 7) is 3.40. The number of carbonyl (C=O) groups is 1. The Morgan fingerprint density at radius 2 is 1.82 bits per heavy atom. The molecule has 0 amide bonds. The second-order valence-electron chi connectivity index (χ2n) is 3.98. The molecular formula is C10H19F2O4P. The molecule has 0 unspecified atom stereocenters. The average molecular weight is 272 g/mol. The van der Waals surface area contributed by atoms with Gasteiger partial charge >= 0.3 is 13.5 Å². The third-order valence-corrected chi connectivity index (χ3v) is 4.39. The second kappa shape index (κ2) is 6.57. The molecule has 0 aliphatic rings. The minimum absolute atomic E-state index is 0.279. The molecule has 0 N–H and O–H groups in total. The minimum atomic E-state index is -3.72. The standard InChI is InChI=1S/C10H19F2O4P/c1-5-8(2)6-10(11,12)9(13)7-17(14,15-3)16-4/h8H,5-7H2,1-4H3/t8-/m0/s1. The van der Waals surface area contributed by atoms with Crippen LogP contribution < -0.4 is 0 Å². The topological polar surface area (TPSA) is 52.6 Å². The quantitative estimate of drug-likeness (QED) is 0.637. The number of carbonyl (C=O) groups excluding carboxylic acids is 1. The van der Waals surface area contributed by atoms with Crippen LogP contribution in [0, 0.1) is 5.92 Å². The number of ketones is 1. The molecule has 0 rings (SSSR count). The molecule has 4 nitrogen and oxygen atoms in total. The fraction of sp³-hybridized carbons (Fsp3) is 0.900. The van der Waals surface area contributed by atoms with Crippen LogP contribution in [0.25, 0.3) is 0 Å². The maximum Gasteiger partial charge on any atom is 0.337 e. The zero-order valence-corrected chi connectivity index (χ0v) is 11.4. The summed E-state index contributed by atoms with van der Waals surface area (Å²) in [5.41, 5.74) is 0. The molecule has 0 aliphatic carbocycles. The Bertz CT molecular complexity index is 299. The lowest BCUT2D eigenvalue weighted by Gasteiger charge is -2.20. The van der Waals surface area contributed by atoms with Crippen molar-refractivity contribution in [3.63, 3.8) is 0 Å². The van der Waals surface area contributed by atoms with Crippen molar-refractivity contribution in [2.75, 3.05) is 20.4 Å². The van der Waals surface area contributed by atoms with Crippen molar-refractivity contribution in [3.8, 4) is 0 Å². The summed E-state index contributed by atoms with van der Waals surface area (Å²) < 4.78 is 47.4. The van der Waals surface area contributed by atoms with E-state index in [1.54, 1.807) is 13.8 Å². The van der Waals surface area contributed by atoms with Gasteiger partial charge in [0.05, 0.1) is 0 Å². The Kier molecular flexibility index (Phi) is 6.45. The Morgan fingerprint density at radius 3 is 2.18 bits per heavy atom. The fourth-order valence-corrected chi connectivity index (χ4v) is 2.18. The van der Waals surface area contributed by atoms with Crippen molar-refractivity contribution in [2.24, 2.45) is 5.92 Å². The molecule has 0 fully saturated rings. The second-order valence-corrected chi connectivity index (χ2v) is 6.25. The summed E-state index contributed by atoms with van der Waals surface area (Å²) in [7, 11) is -1.60. The molecule has 0 aliphatic heterocycles. The van der Waals surface area contributed by atoms with Crippen LogP contribution in [0.3, 0.4) is 0 Å². The summed E-state index contributed by atoms with van der Waals surface area (Å²) in [6, 6.07) is 0. The van der Waals surface area contributed by atoms with E-state index in [0.717, 1.165) is 14.2 Å². The lowest BCUT2D eigenvalue weighted by Crippen LogP contribution is -2.33. The summed E-state index contributed by atoms with van der Waals surface area (Å²) in [4.78, 5) is 11.4. The molecule has 17 heavy (non-hydrogen) atoms. The molecule has 7 heteroatoms. The highest BCUT2D eigenvalue weighted by Crippen LogP contribution is 2.47. The third-order valence-electron chi connectivity index (χ3n) is 2.60. The SMILES string of the molecule is CC[C@H](C)CC(F)(F)C(=O)CP(=O)(OC)OC. The first kappa shape index (κ1) is 16.7. The van der Waals surface area contributed by atoms with E-state index in [9.17, 15) is 18.1 Å². The maximum absolute atomic E-state index is 13.5. The monoisotopic (exact) mass is 272 g/mol. The van der Waals surface area contributed by atoms with Crippen LogP contribution in [0.5, 0.6) is 0 Å². The number of halogens is 2. The highest BCUT2D eigenvalue weighted by molar-refractivity contribution is 7.54. The summed E-state index contributed by atoms with van der Waals surface area (Å²) in [6.07, 6.45) is -0.895. The van der Waals surface area contributed by atoms with E-state index in [1.165, 1.54) is 0 Å². The molecule has 102 valence electrons. The number of alkyl halides is 2. The summed E-state index contributed by atoms with van der Waals surface area (Å²) in [5, 5.41) is 0. The van der Waals surface area contributed by atoms with Crippen molar-refractivity contribution in [1.82, 2.24) is 0 Å². The van der Waals surface area contributed by atoms with Gasteiger partial charge in [-0.15, -0.1) is 0 Å². The van der Waals surface area contributed by atoms with Crippen LogP contribution in [0.1, 0.15) is 26.7 Å². The normalized spacial score (nSPS) is 14.7. The van der Waals surface area contributed by atoms with Crippen LogP contribution in [0.2, 0.25) is 0 Å². The average Bonchev–Trinajstić information content (AvgIpc) is 2.28. The zero-order chi connectivity index (χ0) is 13.7. The predicted molar refractivity (Wildman–Crippen MR) is 60.5 cm³/mol. The number of Topliss-reactive ketones (excluding diaryl/α,β-unsaturated/α-hetero) is 1. The van der Waals surface area contributed by atoms with E-state index in [-0.39, 0.29) is 5.92 Å². The highest BCUT2D eigenvalue weighted by atomic mass is 31.2. The third kappa shape index (κ3) is 5.23. The van der Waals surface area contributed by atoms with E-state index in [2.05, 4.69) is 9.05 Å². The van der Waals surface area contributed by atoms with Gasteiger partial charge in [-0.1, -0.05) is 20.3 Å². The van der Waals surface area contributed by atoms with Crippen LogP contribution in [0.15, 0.2) is 0 Å². The van der Waals surface area contributed by atoms with Crippen molar-refractivity contribution in [2.45, 2.75) is 32.6 Å². The van der Waals surface area contributed by atoms with Crippen LogP contribution in [-0.4, -0.2) is 32.1 Å². The van der Waals surface area contributed by atoms with E-state index in [4.69, 9.17) is 0 Å². The van der Waals surface area contributed by atoms with Gasteiger partial charge in [0.1, 0.15) is 6.16 Å². The number of rotatable bonds is 8. The lowest BCUT2D eigenvalue weighted by atomic mass is 9.98. The summed E-state index contributed by atoms with van der Waals surface area (Å²) >= 11 is 0. The van der Waals surface area contributed by atoms with Crippen molar-refractivity contribution in [3.05, 3.63) is 0 Å². The number of hydrogen-bond acceptors (Lipinski definition) is 4. The largest absolute Gasteiger partial charge is 0.337 e. The van der Waals surface area contributed by atoms with Gasteiger partial charge in [0, 0.05) is 20.6 Å². The summed E-state index contributed by atoms with van der Waals surface area (Å²) in [5.74, 6) is -5.16. The van der Waals surface area contributed by atoms with Gasteiger partial charge < -0.3 is 9.05 Å². The van der Waals surface area contributed by atoms with Crippen LogP contribution in [0.4, 0.5) is 8.78 Å². The molecular weight excluding hydrogens is 253 g/mol. The van der Waals surface area contributed by atoms with E-state index < -0.39 is 31.9 Å². The molecule has 0 saturated carbocycles. The van der Waals surface area contributed by atoms with Gasteiger partial charge in [-0.3, -0.25) is 9.36 Å². The van der Waals surface area contributed by atoms with Crippen molar-refractivity contribution < 1.29 is 27.2 Å². The van der Waals surface area contributed by atoms with E-state index in [0.29, 0.717) is 6.42 Å². The molecule has 0 aromatic carbocycles. The maximum atomic E-state index is 13.5. The first-order chi connectivity index (χ1) is 7.70. The van der Waals surface area contributed by atoms with Gasteiger partial charge in [0.2, 0.25) is 5.78 Å². The Hall–Kier alpha value is -0.320. The molecule has 1 atom stereocenters. The van der Waals surface area contributed by atoms with Crippen LogP contribution >= 0.6 is 7.60 Å². The van der Waals surface area contributed by atoms with E-state index >= 15 is 0 Å². The van der Waals surface area contributed by atoms with E-state index in [1.807, 2.05) is 0 Å². The van der Waals surface area contributed by atoms with Crippen molar-refractivity contribution >= 4 is 13.4 Å². The highest BCUT2D eigenvalue weighted by Gasteiger charge is 2.43. The molecule has 0 spiro atoms. The first-order valence-corrected chi connectivity index (χ1v) is 7.05. The first-order valence-electron chi connectivity index (χ1n) is 5.32. The number of hydrogen-bond donors (Lipinski definition) is 0. The molecule has 0 saturated heterocycles. The Balaban J connectivity index is 4.64. The molecule has 0 aromatic rings. The van der Waals surface area contributed by atoms with Gasteiger partial charge in [0.15, 0.2) is 0 Å². The fourth-order valence-electron chi connectivity index (χ4n) is 1.19. The Morgan fingerprint density at radius 1 is 1.35 bits per heavy atom. The smallest absolute Gasteiger partial charge is 0.312 e. The lowest BCUT2D eigenvalue weighted by molar-refractivity contribution is -0.142. The molecule has 0 heterocycles. The molecule has 0 bridgehead atoms. The van der Waals surface area contributed by atoms with Crippen molar-refractivity contribution in [1.29, 1.82) is 0 Å². The molecule has 0 aromatic heterocycles.